The lowest BCUT2D eigenvalue weighted by molar-refractivity contribution is -0.119. The van der Waals surface area contributed by atoms with Crippen LogP contribution in [-0.4, -0.2) is 25.8 Å². The van der Waals surface area contributed by atoms with E-state index in [1.54, 1.807) is 0 Å². The summed E-state index contributed by atoms with van der Waals surface area (Å²) in [6.45, 7) is 2.90. The Balaban J connectivity index is 1.99. The Kier molecular flexibility index (Phi) is 3.49. The van der Waals surface area contributed by atoms with E-state index in [4.69, 9.17) is 15.2 Å². The van der Waals surface area contributed by atoms with Crippen molar-refractivity contribution in [3.05, 3.63) is 23.3 Å². The van der Waals surface area contributed by atoms with Gasteiger partial charge in [0.1, 0.15) is 0 Å². The topological polar surface area (TPSA) is 73.6 Å². The summed E-state index contributed by atoms with van der Waals surface area (Å²) in [5.41, 5.74) is 7.49. The van der Waals surface area contributed by atoms with Crippen LogP contribution in [0, 0.1) is 6.92 Å². The van der Waals surface area contributed by atoms with E-state index in [1.807, 2.05) is 19.1 Å². The number of hydrogen-bond acceptors (Lipinski definition) is 4. The first-order valence-electron chi connectivity index (χ1n) is 5.56. The molecule has 3 N–H and O–H groups in total. The number of fused-ring (bicyclic) bond motifs is 1. The number of carbonyl (C=O) groups is 1. The minimum Gasteiger partial charge on any atom is -0.454 e. The summed E-state index contributed by atoms with van der Waals surface area (Å²) < 4.78 is 10.6. The fraction of sp³-hybridized carbons (Fsp3) is 0.417. The summed E-state index contributed by atoms with van der Waals surface area (Å²) in [6, 6.07) is 3.93. The van der Waals surface area contributed by atoms with Crippen molar-refractivity contribution in [2.75, 3.05) is 19.9 Å². The lowest BCUT2D eigenvalue weighted by Crippen LogP contribution is -2.31. The maximum Gasteiger partial charge on any atom is 0.233 e. The van der Waals surface area contributed by atoms with E-state index in [9.17, 15) is 4.79 Å². The molecule has 1 aromatic carbocycles. The number of hydrogen-bond donors (Lipinski definition) is 2. The summed E-state index contributed by atoms with van der Waals surface area (Å²) in [5.74, 6) is 1.43. The zero-order valence-corrected chi connectivity index (χ0v) is 9.79. The van der Waals surface area contributed by atoms with Gasteiger partial charge < -0.3 is 20.5 Å². The monoisotopic (exact) mass is 236 g/mol. The molecule has 1 aromatic rings. The Morgan fingerprint density at radius 1 is 1.41 bits per heavy atom. The molecule has 2 rings (SSSR count). The molecule has 0 saturated carbocycles. The Hall–Kier alpha value is -1.75. The summed E-state index contributed by atoms with van der Waals surface area (Å²) in [5, 5.41) is 2.74. The number of aryl methyl sites for hydroxylation is 1. The molecule has 1 aliphatic heterocycles. The van der Waals surface area contributed by atoms with Crippen LogP contribution in [0.1, 0.15) is 11.1 Å². The first kappa shape index (κ1) is 11.7. The van der Waals surface area contributed by atoms with Crippen LogP contribution < -0.4 is 20.5 Å². The average Bonchev–Trinajstić information content (AvgIpc) is 2.76. The predicted octanol–water partition coefficient (Wildman–Crippen LogP) is 0.341. The number of carbonyl (C=O) groups excluding carboxylic acids is 1. The van der Waals surface area contributed by atoms with E-state index in [0.29, 0.717) is 6.54 Å². The third kappa shape index (κ3) is 2.68. The van der Waals surface area contributed by atoms with Crippen LogP contribution in [0.25, 0.3) is 0 Å². The molecule has 5 heteroatoms. The normalized spacial score (nSPS) is 12.6. The van der Waals surface area contributed by atoms with Crippen molar-refractivity contribution in [1.29, 1.82) is 0 Å². The van der Waals surface area contributed by atoms with Gasteiger partial charge in [-0.3, -0.25) is 4.79 Å². The third-order valence-corrected chi connectivity index (χ3v) is 2.73. The van der Waals surface area contributed by atoms with E-state index >= 15 is 0 Å². The van der Waals surface area contributed by atoms with Crippen LogP contribution in [0.3, 0.4) is 0 Å². The van der Waals surface area contributed by atoms with Gasteiger partial charge in [0.05, 0.1) is 6.54 Å². The highest BCUT2D eigenvalue weighted by atomic mass is 16.7. The van der Waals surface area contributed by atoms with Crippen molar-refractivity contribution in [1.82, 2.24) is 5.32 Å². The van der Waals surface area contributed by atoms with Crippen LogP contribution in [0.4, 0.5) is 0 Å². The molecule has 0 bridgehead atoms. The fourth-order valence-corrected chi connectivity index (χ4v) is 1.76. The molecule has 1 aliphatic rings. The van der Waals surface area contributed by atoms with Gasteiger partial charge in [-0.25, -0.2) is 0 Å². The molecular formula is C12H16N2O3. The molecule has 5 nitrogen and oxygen atoms in total. The van der Waals surface area contributed by atoms with Gasteiger partial charge in [-0.05, 0) is 36.6 Å². The first-order chi connectivity index (χ1) is 8.20. The number of ether oxygens (including phenoxy) is 2. The van der Waals surface area contributed by atoms with Gasteiger partial charge in [-0.15, -0.1) is 0 Å². The molecule has 0 aromatic heterocycles. The maximum atomic E-state index is 11.0. The van der Waals surface area contributed by atoms with E-state index in [-0.39, 0.29) is 19.2 Å². The molecular weight excluding hydrogens is 220 g/mol. The largest absolute Gasteiger partial charge is 0.454 e. The molecule has 0 spiro atoms. The van der Waals surface area contributed by atoms with E-state index in [2.05, 4.69) is 5.32 Å². The Bertz CT molecular complexity index is 432. The molecule has 0 atom stereocenters. The summed E-state index contributed by atoms with van der Waals surface area (Å²) in [7, 11) is 0. The van der Waals surface area contributed by atoms with Gasteiger partial charge in [0.2, 0.25) is 12.7 Å². The quantitative estimate of drug-likeness (QED) is 0.790. The Morgan fingerprint density at radius 2 is 2.12 bits per heavy atom. The molecule has 0 fully saturated rings. The van der Waals surface area contributed by atoms with Crippen molar-refractivity contribution in [3.8, 4) is 11.5 Å². The standard InChI is InChI=1S/C12H16N2O3/c1-8-4-10-11(17-7-16-10)5-9(8)2-3-14-12(15)6-13/h4-5H,2-3,6-7,13H2,1H3,(H,14,15). The first-order valence-corrected chi connectivity index (χ1v) is 5.56. The van der Waals surface area contributed by atoms with Gasteiger partial charge in [0.25, 0.3) is 0 Å². The molecule has 17 heavy (non-hydrogen) atoms. The SMILES string of the molecule is Cc1cc2c(cc1CCNC(=O)CN)OCO2. The van der Waals surface area contributed by atoms with Gasteiger partial charge in [0, 0.05) is 6.54 Å². The molecule has 1 amide bonds. The van der Waals surface area contributed by atoms with E-state index < -0.39 is 0 Å². The Labute approximate surface area is 99.9 Å². The number of rotatable bonds is 4. The number of nitrogens with two attached hydrogens (primary N) is 1. The third-order valence-electron chi connectivity index (χ3n) is 2.73. The summed E-state index contributed by atoms with van der Waals surface area (Å²) in [4.78, 5) is 11.0. The van der Waals surface area contributed by atoms with Crippen LogP contribution in [-0.2, 0) is 11.2 Å². The van der Waals surface area contributed by atoms with Crippen molar-refractivity contribution < 1.29 is 14.3 Å². The lowest BCUT2D eigenvalue weighted by Gasteiger charge is -2.08. The zero-order chi connectivity index (χ0) is 12.3. The molecule has 0 aliphatic carbocycles. The predicted molar refractivity (Wildman–Crippen MR) is 63.1 cm³/mol. The average molecular weight is 236 g/mol. The van der Waals surface area contributed by atoms with Gasteiger partial charge >= 0.3 is 0 Å². The van der Waals surface area contributed by atoms with E-state index in [0.717, 1.165) is 29.0 Å². The summed E-state index contributed by atoms with van der Waals surface area (Å²) in [6.07, 6.45) is 0.758. The number of nitrogens with one attached hydrogen (secondary N) is 1. The second-order valence-corrected chi connectivity index (χ2v) is 3.94. The molecule has 1 heterocycles. The highest BCUT2D eigenvalue weighted by Gasteiger charge is 2.15. The highest BCUT2D eigenvalue weighted by Crippen LogP contribution is 2.34. The molecule has 0 unspecified atom stereocenters. The highest BCUT2D eigenvalue weighted by molar-refractivity contribution is 5.77. The minimum absolute atomic E-state index is 0.0279. The second-order valence-electron chi connectivity index (χ2n) is 3.94. The van der Waals surface area contributed by atoms with Crippen LogP contribution in [0.5, 0.6) is 11.5 Å². The zero-order valence-electron chi connectivity index (χ0n) is 9.79. The van der Waals surface area contributed by atoms with Crippen LogP contribution in [0.15, 0.2) is 12.1 Å². The Morgan fingerprint density at radius 3 is 2.82 bits per heavy atom. The van der Waals surface area contributed by atoms with E-state index in [1.165, 1.54) is 0 Å². The number of amides is 1. The fourth-order valence-electron chi connectivity index (χ4n) is 1.76. The van der Waals surface area contributed by atoms with Crippen LogP contribution in [0.2, 0.25) is 0 Å². The lowest BCUT2D eigenvalue weighted by atomic mass is 10.0. The summed E-state index contributed by atoms with van der Waals surface area (Å²) >= 11 is 0. The molecule has 92 valence electrons. The smallest absolute Gasteiger partial charge is 0.233 e. The van der Waals surface area contributed by atoms with Gasteiger partial charge in [-0.2, -0.15) is 0 Å². The van der Waals surface area contributed by atoms with Crippen LogP contribution >= 0.6 is 0 Å². The number of benzene rings is 1. The van der Waals surface area contributed by atoms with Gasteiger partial charge in [-0.1, -0.05) is 0 Å². The van der Waals surface area contributed by atoms with Crippen molar-refractivity contribution >= 4 is 5.91 Å². The van der Waals surface area contributed by atoms with Crippen molar-refractivity contribution in [2.24, 2.45) is 5.73 Å². The van der Waals surface area contributed by atoms with Gasteiger partial charge in [0.15, 0.2) is 11.5 Å². The van der Waals surface area contributed by atoms with Crippen molar-refractivity contribution in [3.63, 3.8) is 0 Å². The maximum absolute atomic E-state index is 11.0. The minimum atomic E-state index is -0.136. The molecule has 0 saturated heterocycles. The van der Waals surface area contributed by atoms with Crippen molar-refractivity contribution in [2.45, 2.75) is 13.3 Å². The molecule has 0 radical (unpaired) electrons. The second kappa shape index (κ2) is 5.05.